The third-order valence-electron chi connectivity index (χ3n) is 2.25. The van der Waals surface area contributed by atoms with Crippen molar-refractivity contribution in [3.8, 4) is 0 Å². The minimum atomic E-state index is -1.20. The van der Waals surface area contributed by atoms with Crippen molar-refractivity contribution in [2.24, 2.45) is 5.73 Å². The maximum absolute atomic E-state index is 10.9. The average Bonchev–Trinajstić information content (AvgIpc) is 2.68. The second-order valence-electron chi connectivity index (χ2n) is 3.53. The summed E-state index contributed by atoms with van der Waals surface area (Å²) in [6, 6.07) is -2.33. The first kappa shape index (κ1) is 12.4. The van der Waals surface area contributed by atoms with E-state index in [1.165, 1.54) is 0 Å². The molecule has 0 amide bonds. The Balaban J connectivity index is 2.54. The lowest BCUT2D eigenvalue weighted by atomic mass is 10.1. The van der Waals surface area contributed by atoms with Crippen molar-refractivity contribution < 1.29 is 19.8 Å². The predicted molar refractivity (Wildman–Crippen MR) is 56.9 cm³/mol. The van der Waals surface area contributed by atoms with E-state index >= 15 is 0 Å². The fourth-order valence-electron chi connectivity index (χ4n) is 1.37. The Kier molecular flexibility index (Phi) is 4.21. The minimum Gasteiger partial charge on any atom is -0.480 e. The number of carboxylic acid groups (broad SMARTS) is 2. The molecule has 6 heteroatoms. The quantitative estimate of drug-likeness (QED) is 0.477. The lowest BCUT2D eigenvalue weighted by Gasteiger charge is -2.19. The number of hydrogen-bond acceptors (Lipinski definition) is 4. The van der Waals surface area contributed by atoms with Gasteiger partial charge in [0.2, 0.25) is 0 Å². The van der Waals surface area contributed by atoms with Crippen molar-refractivity contribution in [3.63, 3.8) is 0 Å². The molecule has 0 aliphatic heterocycles. The summed E-state index contributed by atoms with van der Waals surface area (Å²) in [5, 5.41) is 20.3. The van der Waals surface area contributed by atoms with Gasteiger partial charge in [-0.2, -0.15) is 0 Å². The second kappa shape index (κ2) is 5.43. The molecule has 0 saturated heterocycles. The zero-order chi connectivity index (χ0) is 12.1. The van der Waals surface area contributed by atoms with E-state index in [1.807, 2.05) is 0 Å². The Labute approximate surface area is 92.4 Å². The fourth-order valence-corrected chi connectivity index (χ4v) is 1.37. The zero-order valence-electron chi connectivity index (χ0n) is 8.54. The highest BCUT2D eigenvalue weighted by molar-refractivity contribution is 5.77. The lowest BCUT2D eigenvalue weighted by molar-refractivity contribution is -0.141. The highest BCUT2D eigenvalue weighted by atomic mass is 16.4. The second-order valence-corrected chi connectivity index (χ2v) is 3.53. The Morgan fingerprint density at radius 2 is 1.81 bits per heavy atom. The van der Waals surface area contributed by atoms with E-state index in [0.29, 0.717) is 0 Å². The first-order chi connectivity index (χ1) is 7.50. The van der Waals surface area contributed by atoms with Crippen LogP contribution in [0.2, 0.25) is 0 Å². The normalized spacial score (nSPS) is 18.6. The number of hydrogen-bond donors (Lipinski definition) is 4. The molecule has 1 rings (SSSR count). The van der Waals surface area contributed by atoms with Crippen LogP contribution in [0, 0.1) is 0 Å². The number of aliphatic carboxylic acids is 2. The SMILES string of the molecule is N[C@@H](CC(NC1C=CC=C1)C(=O)O)C(=O)O. The lowest BCUT2D eigenvalue weighted by Crippen LogP contribution is -2.46. The van der Waals surface area contributed by atoms with Gasteiger partial charge in [0.15, 0.2) is 0 Å². The zero-order valence-corrected chi connectivity index (χ0v) is 8.54. The molecule has 2 atom stereocenters. The standard InChI is InChI=1S/C10H14N2O4/c11-7(9(13)14)5-8(10(15)16)12-6-3-1-2-4-6/h1-4,6-8,12H,5,11H2,(H,13,14)(H,15,16)/t7-,8?/m0/s1. The number of nitrogens with two attached hydrogens (primary N) is 1. The van der Waals surface area contributed by atoms with Crippen molar-refractivity contribution >= 4 is 11.9 Å². The van der Waals surface area contributed by atoms with Gasteiger partial charge < -0.3 is 15.9 Å². The van der Waals surface area contributed by atoms with Gasteiger partial charge in [0.1, 0.15) is 12.1 Å². The molecule has 88 valence electrons. The van der Waals surface area contributed by atoms with Crippen LogP contribution in [0.3, 0.4) is 0 Å². The molecule has 16 heavy (non-hydrogen) atoms. The molecule has 0 heterocycles. The maximum Gasteiger partial charge on any atom is 0.320 e. The van der Waals surface area contributed by atoms with Crippen molar-refractivity contribution in [1.29, 1.82) is 0 Å². The van der Waals surface area contributed by atoms with Crippen LogP contribution in [0.4, 0.5) is 0 Å². The predicted octanol–water partition coefficient (Wildman–Crippen LogP) is -0.674. The maximum atomic E-state index is 10.9. The van der Waals surface area contributed by atoms with Crippen LogP contribution in [0.25, 0.3) is 0 Å². The first-order valence-corrected chi connectivity index (χ1v) is 4.83. The summed E-state index contributed by atoms with van der Waals surface area (Å²) in [6.07, 6.45) is 6.98. The van der Waals surface area contributed by atoms with Gasteiger partial charge in [0.05, 0.1) is 0 Å². The smallest absolute Gasteiger partial charge is 0.320 e. The summed E-state index contributed by atoms with van der Waals surface area (Å²) in [6.45, 7) is 0. The molecule has 6 nitrogen and oxygen atoms in total. The van der Waals surface area contributed by atoms with E-state index in [-0.39, 0.29) is 12.5 Å². The molecule has 0 radical (unpaired) electrons. The summed E-state index contributed by atoms with van der Waals surface area (Å²) in [7, 11) is 0. The summed E-state index contributed by atoms with van der Waals surface area (Å²) in [5.41, 5.74) is 5.29. The molecule has 0 aromatic rings. The average molecular weight is 226 g/mol. The van der Waals surface area contributed by atoms with Crippen molar-refractivity contribution in [2.75, 3.05) is 0 Å². The van der Waals surface area contributed by atoms with Crippen molar-refractivity contribution in [3.05, 3.63) is 24.3 Å². The van der Waals surface area contributed by atoms with Gasteiger partial charge in [0, 0.05) is 6.04 Å². The number of rotatable bonds is 6. The highest BCUT2D eigenvalue weighted by Crippen LogP contribution is 2.04. The van der Waals surface area contributed by atoms with Gasteiger partial charge in [0.25, 0.3) is 0 Å². The molecular formula is C10H14N2O4. The summed E-state index contributed by atoms with van der Waals surface area (Å²) >= 11 is 0. The molecule has 1 unspecified atom stereocenters. The number of carbonyl (C=O) groups is 2. The topological polar surface area (TPSA) is 113 Å². The van der Waals surface area contributed by atoms with E-state index in [1.54, 1.807) is 24.3 Å². The van der Waals surface area contributed by atoms with Crippen LogP contribution in [-0.2, 0) is 9.59 Å². The van der Waals surface area contributed by atoms with Gasteiger partial charge in [-0.1, -0.05) is 24.3 Å². The van der Waals surface area contributed by atoms with Crippen LogP contribution >= 0.6 is 0 Å². The number of carboxylic acids is 2. The molecule has 0 bridgehead atoms. The molecule has 0 aromatic heterocycles. The van der Waals surface area contributed by atoms with E-state index in [9.17, 15) is 9.59 Å². The molecule has 5 N–H and O–H groups in total. The van der Waals surface area contributed by atoms with Gasteiger partial charge in [-0.05, 0) is 6.42 Å². The Hall–Kier alpha value is -1.66. The molecule has 0 saturated carbocycles. The molecule has 0 spiro atoms. The summed E-state index contributed by atoms with van der Waals surface area (Å²) in [5.74, 6) is -2.31. The summed E-state index contributed by atoms with van der Waals surface area (Å²) in [4.78, 5) is 21.4. The van der Waals surface area contributed by atoms with Crippen LogP contribution in [-0.4, -0.2) is 40.3 Å². The van der Waals surface area contributed by atoms with Crippen LogP contribution in [0.15, 0.2) is 24.3 Å². The van der Waals surface area contributed by atoms with Gasteiger partial charge in [-0.3, -0.25) is 14.9 Å². The monoisotopic (exact) mass is 226 g/mol. The van der Waals surface area contributed by atoms with E-state index in [0.717, 1.165) is 0 Å². The van der Waals surface area contributed by atoms with Crippen molar-refractivity contribution in [2.45, 2.75) is 24.5 Å². The van der Waals surface area contributed by atoms with Crippen LogP contribution in [0.1, 0.15) is 6.42 Å². The van der Waals surface area contributed by atoms with E-state index < -0.39 is 24.0 Å². The van der Waals surface area contributed by atoms with E-state index in [2.05, 4.69) is 5.32 Å². The molecule has 0 fully saturated rings. The Bertz CT molecular complexity index is 326. The Morgan fingerprint density at radius 3 is 2.25 bits per heavy atom. The minimum absolute atomic E-state index is 0.150. The first-order valence-electron chi connectivity index (χ1n) is 4.83. The Morgan fingerprint density at radius 1 is 1.25 bits per heavy atom. The van der Waals surface area contributed by atoms with Crippen LogP contribution < -0.4 is 11.1 Å². The molecule has 1 aliphatic rings. The highest BCUT2D eigenvalue weighted by Gasteiger charge is 2.25. The summed E-state index contributed by atoms with van der Waals surface area (Å²) < 4.78 is 0. The largest absolute Gasteiger partial charge is 0.480 e. The number of allylic oxidation sites excluding steroid dienone is 2. The van der Waals surface area contributed by atoms with Crippen LogP contribution in [0.5, 0.6) is 0 Å². The number of nitrogens with one attached hydrogen (secondary N) is 1. The molecule has 0 aromatic carbocycles. The molecule has 1 aliphatic carbocycles. The van der Waals surface area contributed by atoms with Crippen molar-refractivity contribution in [1.82, 2.24) is 5.32 Å². The van der Waals surface area contributed by atoms with Gasteiger partial charge in [-0.25, -0.2) is 0 Å². The third-order valence-corrected chi connectivity index (χ3v) is 2.25. The van der Waals surface area contributed by atoms with Gasteiger partial charge >= 0.3 is 11.9 Å². The fraction of sp³-hybridized carbons (Fsp3) is 0.400. The van der Waals surface area contributed by atoms with Gasteiger partial charge in [-0.15, -0.1) is 0 Å². The van der Waals surface area contributed by atoms with E-state index in [4.69, 9.17) is 15.9 Å². The molecular weight excluding hydrogens is 212 g/mol. The third kappa shape index (κ3) is 3.48.